The highest BCUT2D eigenvalue weighted by atomic mass is 19.4. The summed E-state index contributed by atoms with van der Waals surface area (Å²) in [6.07, 6.45) is -4.81. The zero-order chi connectivity index (χ0) is 19.2. The van der Waals surface area contributed by atoms with Gasteiger partial charge in [-0.1, -0.05) is 12.1 Å². The first-order chi connectivity index (χ1) is 12.2. The minimum Gasteiger partial charge on any atom is -0.484 e. The number of hydrogen-bond donors (Lipinski definition) is 2. The smallest absolute Gasteiger partial charge is 0.484 e. The van der Waals surface area contributed by atoms with Crippen LogP contribution in [-0.2, 0) is 4.79 Å². The molecule has 9 heteroatoms. The lowest BCUT2D eigenvalue weighted by Gasteiger charge is -2.10. The molecule has 0 spiro atoms. The summed E-state index contributed by atoms with van der Waals surface area (Å²) in [4.78, 5) is 23.5. The molecule has 2 amide bonds. The first kappa shape index (κ1) is 19.1. The van der Waals surface area contributed by atoms with Gasteiger partial charge in [0.05, 0.1) is 0 Å². The van der Waals surface area contributed by atoms with E-state index in [1.54, 1.807) is 18.2 Å². The third kappa shape index (κ3) is 6.34. The van der Waals surface area contributed by atoms with Crippen molar-refractivity contribution in [3.8, 4) is 11.5 Å². The number of ether oxygens (including phenoxy) is 2. The summed E-state index contributed by atoms with van der Waals surface area (Å²) < 4.78 is 45.2. The van der Waals surface area contributed by atoms with E-state index < -0.39 is 23.9 Å². The van der Waals surface area contributed by atoms with Gasteiger partial charge in [0.15, 0.2) is 6.61 Å². The van der Waals surface area contributed by atoms with Crippen LogP contribution in [0.1, 0.15) is 15.9 Å². The molecule has 2 rings (SSSR count). The number of nitrogens with one attached hydrogen (secondary N) is 2. The van der Waals surface area contributed by atoms with Gasteiger partial charge in [0.25, 0.3) is 11.8 Å². The number of alkyl halides is 3. The molecular weight excluding hydrogens is 353 g/mol. The Labute approximate surface area is 146 Å². The van der Waals surface area contributed by atoms with Gasteiger partial charge in [-0.25, -0.2) is 0 Å². The molecule has 2 N–H and O–H groups in total. The Kier molecular flexibility index (Phi) is 6.05. The second-order valence-electron chi connectivity index (χ2n) is 5.18. The van der Waals surface area contributed by atoms with Crippen molar-refractivity contribution in [2.75, 3.05) is 6.61 Å². The van der Waals surface area contributed by atoms with Gasteiger partial charge in [0.1, 0.15) is 11.5 Å². The van der Waals surface area contributed by atoms with Crippen molar-refractivity contribution in [3.63, 3.8) is 0 Å². The van der Waals surface area contributed by atoms with Crippen LogP contribution in [0.4, 0.5) is 13.2 Å². The third-order valence-corrected chi connectivity index (χ3v) is 3.03. The van der Waals surface area contributed by atoms with E-state index in [0.717, 1.165) is 29.8 Å². The molecule has 138 valence electrons. The molecule has 0 bridgehead atoms. The summed E-state index contributed by atoms with van der Waals surface area (Å²) in [5.41, 5.74) is 5.28. The lowest BCUT2D eigenvalue weighted by atomic mass is 10.2. The fourth-order valence-corrected chi connectivity index (χ4v) is 1.90. The third-order valence-electron chi connectivity index (χ3n) is 3.03. The molecule has 0 heterocycles. The molecule has 0 saturated carbocycles. The number of carbonyl (C=O) groups is 2. The summed E-state index contributed by atoms with van der Waals surface area (Å²) in [5.74, 6) is -1.25. The summed E-state index contributed by atoms with van der Waals surface area (Å²) in [7, 11) is 0. The van der Waals surface area contributed by atoms with Crippen molar-refractivity contribution in [2.45, 2.75) is 13.3 Å². The van der Waals surface area contributed by atoms with Gasteiger partial charge < -0.3 is 9.47 Å². The van der Waals surface area contributed by atoms with Crippen molar-refractivity contribution in [2.24, 2.45) is 0 Å². The highest BCUT2D eigenvalue weighted by Crippen LogP contribution is 2.22. The van der Waals surface area contributed by atoms with E-state index in [1.165, 1.54) is 0 Å². The molecule has 2 aromatic carbocycles. The Bertz CT molecular complexity index is 776. The number of amides is 2. The fraction of sp³-hybridized carbons (Fsp3) is 0.176. The second kappa shape index (κ2) is 8.24. The zero-order valence-corrected chi connectivity index (χ0v) is 13.6. The van der Waals surface area contributed by atoms with Gasteiger partial charge >= 0.3 is 6.36 Å². The van der Waals surface area contributed by atoms with Gasteiger partial charge in [-0.2, -0.15) is 0 Å². The maximum atomic E-state index is 12.1. The molecule has 0 aliphatic heterocycles. The molecule has 0 aromatic heterocycles. The highest BCUT2D eigenvalue weighted by Gasteiger charge is 2.31. The molecule has 6 nitrogen and oxygen atoms in total. The van der Waals surface area contributed by atoms with Gasteiger partial charge in [-0.15, -0.1) is 13.2 Å². The second-order valence-corrected chi connectivity index (χ2v) is 5.18. The Morgan fingerprint density at radius 2 is 1.69 bits per heavy atom. The average molecular weight is 368 g/mol. The summed E-state index contributed by atoms with van der Waals surface area (Å²) in [6.45, 7) is 1.56. The van der Waals surface area contributed by atoms with Gasteiger partial charge in [0, 0.05) is 5.56 Å². The summed E-state index contributed by atoms with van der Waals surface area (Å²) in [6, 6.07) is 11.3. The predicted octanol–water partition coefficient (Wildman–Crippen LogP) is 2.73. The van der Waals surface area contributed by atoms with Crippen molar-refractivity contribution in [3.05, 3.63) is 59.7 Å². The van der Waals surface area contributed by atoms with Crippen LogP contribution in [0.3, 0.4) is 0 Å². The molecule has 0 atom stereocenters. The Balaban J connectivity index is 1.79. The molecule has 0 aliphatic rings. The van der Waals surface area contributed by atoms with Crippen LogP contribution in [0.15, 0.2) is 48.5 Å². The largest absolute Gasteiger partial charge is 0.573 e. The lowest BCUT2D eigenvalue weighted by Crippen LogP contribution is -2.43. The Morgan fingerprint density at radius 1 is 1.00 bits per heavy atom. The minimum absolute atomic E-state index is 0.0411. The highest BCUT2D eigenvalue weighted by molar-refractivity contribution is 5.95. The predicted molar refractivity (Wildman–Crippen MR) is 85.4 cm³/mol. The van der Waals surface area contributed by atoms with Crippen LogP contribution in [0.25, 0.3) is 0 Å². The van der Waals surface area contributed by atoms with Gasteiger partial charge in [-0.05, 0) is 48.9 Å². The number of hydrazine groups is 1. The van der Waals surface area contributed by atoms with Crippen LogP contribution >= 0.6 is 0 Å². The number of hydrogen-bond acceptors (Lipinski definition) is 4. The Hall–Kier alpha value is -3.23. The lowest BCUT2D eigenvalue weighted by molar-refractivity contribution is -0.274. The van der Waals surface area contributed by atoms with Gasteiger partial charge in [0.2, 0.25) is 0 Å². The monoisotopic (exact) mass is 368 g/mol. The molecule has 0 unspecified atom stereocenters. The van der Waals surface area contributed by atoms with E-state index in [2.05, 4.69) is 15.6 Å². The van der Waals surface area contributed by atoms with E-state index in [-0.39, 0.29) is 12.2 Å². The van der Waals surface area contributed by atoms with Crippen molar-refractivity contribution < 1.29 is 32.2 Å². The molecule has 0 aliphatic carbocycles. The Morgan fingerprint density at radius 3 is 2.31 bits per heavy atom. The van der Waals surface area contributed by atoms with Crippen LogP contribution in [-0.4, -0.2) is 24.8 Å². The van der Waals surface area contributed by atoms with Crippen LogP contribution < -0.4 is 20.3 Å². The standard InChI is InChI=1S/C17H15F3N2O4/c1-11-3-2-4-14(9-11)25-10-15(23)21-22-16(24)12-5-7-13(8-6-12)26-17(18,19)20/h2-9H,10H2,1H3,(H,21,23)(H,22,24). The van der Waals surface area contributed by atoms with E-state index in [0.29, 0.717) is 5.75 Å². The molecule has 0 saturated heterocycles. The van der Waals surface area contributed by atoms with E-state index >= 15 is 0 Å². The maximum Gasteiger partial charge on any atom is 0.573 e. The number of carbonyl (C=O) groups excluding carboxylic acids is 2. The van der Waals surface area contributed by atoms with Crippen LogP contribution in [0, 0.1) is 6.92 Å². The van der Waals surface area contributed by atoms with Gasteiger partial charge in [-0.3, -0.25) is 20.4 Å². The number of rotatable bonds is 5. The van der Waals surface area contributed by atoms with E-state index in [4.69, 9.17) is 4.74 Å². The fourth-order valence-electron chi connectivity index (χ4n) is 1.90. The SMILES string of the molecule is Cc1cccc(OCC(=O)NNC(=O)c2ccc(OC(F)(F)F)cc2)c1. The molecule has 0 radical (unpaired) electrons. The normalized spacial score (nSPS) is 10.8. The maximum absolute atomic E-state index is 12.1. The van der Waals surface area contributed by atoms with E-state index in [1.807, 2.05) is 13.0 Å². The first-order valence-corrected chi connectivity index (χ1v) is 7.37. The summed E-state index contributed by atoms with van der Waals surface area (Å²) >= 11 is 0. The number of halogens is 3. The van der Waals surface area contributed by atoms with Crippen LogP contribution in [0.5, 0.6) is 11.5 Å². The van der Waals surface area contributed by atoms with Crippen molar-refractivity contribution in [1.29, 1.82) is 0 Å². The number of aryl methyl sites for hydroxylation is 1. The quantitative estimate of drug-likeness (QED) is 0.796. The zero-order valence-electron chi connectivity index (χ0n) is 13.6. The molecular formula is C17H15F3N2O4. The van der Waals surface area contributed by atoms with Crippen molar-refractivity contribution >= 4 is 11.8 Å². The topological polar surface area (TPSA) is 76.7 Å². The molecule has 0 fully saturated rings. The minimum atomic E-state index is -4.81. The number of benzene rings is 2. The summed E-state index contributed by atoms with van der Waals surface area (Å²) in [5, 5.41) is 0. The van der Waals surface area contributed by atoms with Crippen LogP contribution in [0.2, 0.25) is 0 Å². The first-order valence-electron chi connectivity index (χ1n) is 7.37. The average Bonchev–Trinajstić information content (AvgIpc) is 2.57. The molecule has 26 heavy (non-hydrogen) atoms. The van der Waals surface area contributed by atoms with E-state index in [9.17, 15) is 22.8 Å². The van der Waals surface area contributed by atoms with Crippen molar-refractivity contribution in [1.82, 2.24) is 10.9 Å². The molecule has 2 aromatic rings.